The van der Waals surface area contributed by atoms with E-state index in [1.165, 1.54) is 11.2 Å². The zero-order chi connectivity index (χ0) is 19.2. The summed E-state index contributed by atoms with van der Waals surface area (Å²) in [5.41, 5.74) is -0.833. The summed E-state index contributed by atoms with van der Waals surface area (Å²) in [5, 5.41) is 3.15. The Bertz CT molecular complexity index is 879. The number of hydrogen-bond acceptors (Lipinski definition) is 6. The number of ether oxygens (including phenoxy) is 1. The first-order chi connectivity index (χ1) is 13.0. The van der Waals surface area contributed by atoms with Gasteiger partial charge in [-0.2, -0.15) is 0 Å². The molecule has 2 saturated heterocycles. The average molecular weight is 368 g/mol. The second-order valence-electron chi connectivity index (χ2n) is 6.91. The van der Waals surface area contributed by atoms with Gasteiger partial charge in [0.05, 0.1) is 36.4 Å². The fourth-order valence-corrected chi connectivity index (χ4v) is 4.15. The van der Waals surface area contributed by atoms with Crippen LogP contribution in [0.25, 0.3) is 0 Å². The first-order valence-corrected chi connectivity index (χ1v) is 8.90. The van der Waals surface area contributed by atoms with E-state index in [0.29, 0.717) is 11.4 Å². The molecule has 2 fully saturated rings. The van der Waals surface area contributed by atoms with E-state index in [1.54, 1.807) is 50.2 Å². The van der Waals surface area contributed by atoms with Crippen molar-refractivity contribution in [2.24, 2.45) is 11.8 Å². The van der Waals surface area contributed by atoms with Crippen LogP contribution in [0.15, 0.2) is 53.1 Å². The zero-order valence-corrected chi connectivity index (χ0v) is 15.0. The number of benzene rings is 1. The van der Waals surface area contributed by atoms with E-state index in [9.17, 15) is 14.4 Å². The molecule has 1 aromatic heterocycles. The Morgan fingerprint density at radius 2 is 1.93 bits per heavy atom. The van der Waals surface area contributed by atoms with E-state index in [4.69, 9.17) is 9.15 Å². The Morgan fingerprint density at radius 1 is 1.19 bits per heavy atom. The van der Waals surface area contributed by atoms with E-state index in [2.05, 4.69) is 5.32 Å². The molecule has 0 aliphatic carbocycles. The minimum atomic E-state index is -1.32. The zero-order valence-electron chi connectivity index (χ0n) is 15.0. The number of carbonyl (C=O) groups is 3. The molecule has 2 aliphatic rings. The van der Waals surface area contributed by atoms with Gasteiger partial charge in [-0.15, -0.1) is 0 Å². The summed E-state index contributed by atoms with van der Waals surface area (Å²) in [6, 6.07) is 11.6. The molecule has 140 valence electrons. The van der Waals surface area contributed by atoms with Crippen LogP contribution in [-0.2, 0) is 19.1 Å². The minimum absolute atomic E-state index is 0.184. The molecule has 0 saturated carbocycles. The molecule has 27 heavy (non-hydrogen) atoms. The summed E-state index contributed by atoms with van der Waals surface area (Å²) in [5.74, 6) is -2.43. The van der Waals surface area contributed by atoms with Gasteiger partial charge in [0.2, 0.25) is 11.8 Å². The normalized spacial score (nSPS) is 29.9. The van der Waals surface area contributed by atoms with Crippen molar-refractivity contribution in [3.8, 4) is 0 Å². The third-order valence-corrected chi connectivity index (χ3v) is 5.35. The monoisotopic (exact) mass is 368 g/mol. The van der Waals surface area contributed by atoms with Crippen molar-refractivity contribution >= 4 is 23.5 Å². The van der Waals surface area contributed by atoms with E-state index >= 15 is 0 Å². The second kappa shape index (κ2) is 6.35. The van der Waals surface area contributed by atoms with Crippen molar-refractivity contribution in [2.75, 3.05) is 11.5 Å². The SMILES string of the molecule is CCOC(=O)[C@@]1(C)N[C@@H](c2ccco2)[C@H]2C(=O)N(c3ccccc3)C(=O)[C@H]21. The maximum Gasteiger partial charge on any atom is 0.326 e. The van der Waals surface area contributed by atoms with Crippen molar-refractivity contribution in [1.82, 2.24) is 5.32 Å². The molecule has 0 bridgehead atoms. The molecule has 3 heterocycles. The topological polar surface area (TPSA) is 88.8 Å². The first-order valence-electron chi connectivity index (χ1n) is 8.90. The third-order valence-electron chi connectivity index (χ3n) is 5.35. The van der Waals surface area contributed by atoms with Gasteiger partial charge in [0.1, 0.15) is 11.3 Å². The largest absolute Gasteiger partial charge is 0.468 e. The highest BCUT2D eigenvalue weighted by molar-refractivity contribution is 6.24. The number of carbonyl (C=O) groups excluding carboxylic acids is 3. The van der Waals surface area contributed by atoms with Gasteiger partial charge in [-0.05, 0) is 38.1 Å². The molecule has 2 amide bonds. The van der Waals surface area contributed by atoms with Crippen molar-refractivity contribution < 1.29 is 23.5 Å². The highest BCUT2D eigenvalue weighted by Gasteiger charge is 2.67. The molecule has 4 atom stereocenters. The van der Waals surface area contributed by atoms with Crippen LogP contribution in [0.5, 0.6) is 0 Å². The second-order valence-corrected chi connectivity index (χ2v) is 6.91. The molecule has 0 spiro atoms. The highest BCUT2D eigenvalue weighted by Crippen LogP contribution is 2.49. The number of furan rings is 1. The lowest BCUT2D eigenvalue weighted by molar-refractivity contribution is -0.153. The average Bonchev–Trinajstić information content (AvgIpc) is 3.34. The van der Waals surface area contributed by atoms with Crippen LogP contribution in [0.2, 0.25) is 0 Å². The Balaban J connectivity index is 1.81. The lowest BCUT2D eigenvalue weighted by atomic mass is 9.81. The number of amides is 2. The molecule has 0 unspecified atom stereocenters. The fourth-order valence-electron chi connectivity index (χ4n) is 4.15. The summed E-state index contributed by atoms with van der Waals surface area (Å²) in [6.07, 6.45) is 1.50. The van der Waals surface area contributed by atoms with Gasteiger partial charge >= 0.3 is 5.97 Å². The van der Waals surface area contributed by atoms with Crippen molar-refractivity contribution in [3.05, 3.63) is 54.5 Å². The van der Waals surface area contributed by atoms with E-state index < -0.39 is 35.3 Å². The number of para-hydroxylation sites is 1. The third kappa shape index (κ3) is 2.49. The Hall–Kier alpha value is -2.93. The Labute approximate surface area is 156 Å². The number of esters is 1. The van der Waals surface area contributed by atoms with Gasteiger partial charge in [-0.1, -0.05) is 18.2 Å². The quantitative estimate of drug-likeness (QED) is 0.656. The first kappa shape index (κ1) is 17.5. The smallest absolute Gasteiger partial charge is 0.326 e. The molecule has 7 heteroatoms. The lowest BCUT2D eigenvalue weighted by Gasteiger charge is -2.28. The van der Waals surface area contributed by atoms with E-state index in [1.807, 2.05) is 6.07 Å². The van der Waals surface area contributed by atoms with E-state index in [-0.39, 0.29) is 12.5 Å². The van der Waals surface area contributed by atoms with E-state index in [0.717, 1.165) is 0 Å². The van der Waals surface area contributed by atoms with Crippen molar-refractivity contribution in [3.63, 3.8) is 0 Å². The number of imide groups is 1. The van der Waals surface area contributed by atoms with Crippen molar-refractivity contribution in [1.29, 1.82) is 0 Å². The maximum atomic E-state index is 13.3. The summed E-state index contributed by atoms with van der Waals surface area (Å²) >= 11 is 0. The predicted octanol–water partition coefficient (Wildman–Crippen LogP) is 2.05. The minimum Gasteiger partial charge on any atom is -0.468 e. The van der Waals surface area contributed by atoms with Gasteiger partial charge in [-0.3, -0.25) is 19.7 Å². The number of anilines is 1. The van der Waals surface area contributed by atoms with Crippen LogP contribution in [-0.4, -0.2) is 29.9 Å². The Kier molecular flexibility index (Phi) is 4.11. The number of fused-ring (bicyclic) bond motifs is 1. The molecule has 1 aromatic carbocycles. The molecule has 0 radical (unpaired) electrons. The number of rotatable bonds is 4. The standard InChI is InChI=1S/C20H20N2O5/c1-3-26-19(25)20(2)15-14(16(21-20)13-10-7-11-27-13)17(23)22(18(15)24)12-8-5-4-6-9-12/h4-11,14-16,21H,3H2,1-2H3/t14-,15-,16-,20-/m0/s1. The van der Waals surface area contributed by atoms with Crippen LogP contribution in [0, 0.1) is 11.8 Å². The summed E-state index contributed by atoms with van der Waals surface area (Å²) < 4.78 is 10.7. The fraction of sp³-hybridized carbons (Fsp3) is 0.350. The highest BCUT2D eigenvalue weighted by atomic mass is 16.5. The van der Waals surface area contributed by atoms with Crippen LogP contribution in [0.3, 0.4) is 0 Å². The van der Waals surface area contributed by atoms with Gasteiger partial charge < -0.3 is 9.15 Å². The molecule has 4 rings (SSSR count). The molecule has 2 aromatic rings. The van der Waals surface area contributed by atoms with Crippen LogP contribution < -0.4 is 10.2 Å². The Morgan fingerprint density at radius 3 is 2.56 bits per heavy atom. The molecule has 1 N–H and O–H groups in total. The maximum absolute atomic E-state index is 13.3. The number of nitrogens with one attached hydrogen (secondary N) is 1. The molecular formula is C20H20N2O5. The van der Waals surface area contributed by atoms with Gasteiger partial charge in [-0.25, -0.2) is 4.90 Å². The predicted molar refractivity (Wildman–Crippen MR) is 95.5 cm³/mol. The van der Waals surface area contributed by atoms with Crippen molar-refractivity contribution in [2.45, 2.75) is 25.4 Å². The van der Waals surface area contributed by atoms with Gasteiger partial charge in [0.25, 0.3) is 0 Å². The summed E-state index contributed by atoms with van der Waals surface area (Å²) in [6.45, 7) is 3.50. The lowest BCUT2D eigenvalue weighted by Crippen LogP contribution is -2.54. The number of hydrogen-bond donors (Lipinski definition) is 1. The van der Waals surface area contributed by atoms with Gasteiger partial charge in [0, 0.05) is 0 Å². The molecule has 2 aliphatic heterocycles. The van der Waals surface area contributed by atoms with Crippen LogP contribution in [0.1, 0.15) is 25.6 Å². The summed E-state index contributed by atoms with van der Waals surface area (Å²) in [7, 11) is 0. The van der Waals surface area contributed by atoms with Crippen LogP contribution in [0.4, 0.5) is 5.69 Å². The summed E-state index contributed by atoms with van der Waals surface area (Å²) in [4.78, 5) is 40.4. The number of nitrogens with zero attached hydrogens (tertiary/aromatic N) is 1. The van der Waals surface area contributed by atoms with Crippen LogP contribution >= 0.6 is 0 Å². The molecular weight excluding hydrogens is 348 g/mol. The molecule has 7 nitrogen and oxygen atoms in total. The van der Waals surface area contributed by atoms with Gasteiger partial charge in [0.15, 0.2) is 0 Å².